The highest BCUT2D eigenvalue weighted by molar-refractivity contribution is 7.71. The number of aromatic nitrogens is 1. The van der Waals surface area contributed by atoms with Crippen molar-refractivity contribution >= 4 is 29.8 Å². The molecule has 0 fully saturated rings. The predicted octanol–water partition coefficient (Wildman–Crippen LogP) is 3.36. The van der Waals surface area contributed by atoms with Gasteiger partial charge in [0.05, 0.1) is 5.69 Å². The second-order valence-electron chi connectivity index (χ2n) is 3.05. The van der Waals surface area contributed by atoms with E-state index in [-0.39, 0.29) is 10.3 Å². The lowest BCUT2D eigenvalue weighted by Gasteiger charge is -1.98. The van der Waals surface area contributed by atoms with Crippen molar-refractivity contribution in [1.82, 2.24) is 5.16 Å². The maximum Gasteiger partial charge on any atom is 0.342 e. The van der Waals surface area contributed by atoms with Crippen LogP contribution in [0.1, 0.15) is 10.4 Å². The van der Waals surface area contributed by atoms with Crippen molar-refractivity contribution in [3.63, 3.8) is 0 Å². The van der Waals surface area contributed by atoms with Gasteiger partial charge in [-0.2, -0.15) is 0 Å². The summed E-state index contributed by atoms with van der Waals surface area (Å²) in [5.41, 5.74) is 0.952. The van der Waals surface area contributed by atoms with E-state index in [1.54, 1.807) is 24.3 Å². The van der Waals surface area contributed by atoms with Crippen LogP contribution in [0.15, 0.2) is 28.8 Å². The zero-order valence-corrected chi connectivity index (χ0v) is 9.43. The summed E-state index contributed by atoms with van der Waals surface area (Å²) in [5.74, 6) is -1.13. The van der Waals surface area contributed by atoms with Crippen LogP contribution in [0.3, 0.4) is 0 Å². The summed E-state index contributed by atoms with van der Waals surface area (Å²) in [6, 6.07) is 6.69. The average molecular weight is 256 g/mol. The number of carboxylic acid groups (broad SMARTS) is 1. The Hall–Kier alpha value is -1.59. The monoisotopic (exact) mass is 255 g/mol. The molecule has 0 bridgehead atoms. The molecule has 0 aliphatic rings. The normalized spacial score (nSPS) is 10.3. The van der Waals surface area contributed by atoms with Gasteiger partial charge in [0, 0.05) is 10.6 Å². The molecule has 0 saturated heterocycles. The van der Waals surface area contributed by atoms with Gasteiger partial charge in [-0.15, -0.1) is 0 Å². The molecule has 0 radical (unpaired) electrons. The molecule has 2 rings (SSSR count). The van der Waals surface area contributed by atoms with Gasteiger partial charge in [-0.1, -0.05) is 23.7 Å². The Morgan fingerprint density at radius 2 is 2.00 bits per heavy atom. The summed E-state index contributed by atoms with van der Waals surface area (Å²) >= 11 is 10.5. The molecule has 6 heteroatoms. The van der Waals surface area contributed by atoms with E-state index >= 15 is 0 Å². The fraction of sp³-hybridized carbons (Fsp3) is 0. The van der Waals surface area contributed by atoms with Crippen molar-refractivity contribution in [2.75, 3.05) is 0 Å². The minimum atomic E-state index is -1.13. The van der Waals surface area contributed by atoms with E-state index in [0.717, 1.165) is 0 Å². The van der Waals surface area contributed by atoms with Crippen molar-refractivity contribution in [2.24, 2.45) is 0 Å². The van der Waals surface area contributed by atoms with Gasteiger partial charge in [-0.25, -0.2) is 9.95 Å². The third-order valence-electron chi connectivity index (χ3n) is 2.05. The first-order chi connectivity index (χ1) is 7.59. The Labute approximate surface area is 100 Å². The summed E-state index contributed by atoms with van der Waals surface area (Å²) in [6.07, 6.45) is 0. The Kier molecular flexibility index (Phi) is 2.80. The number of rotatable bonds is 2. The molecule has 1 aromatic carbocycles. The van der Waals surface area contributed by atoms with Crippen LogP contribution in [-0.4, -0.2) is 16.2 Å². The van der Waals surface area contributed by atoms with Crippen LogP contribution in [0.2, 0.25) is 5.02 Å². The molecule has 4 nitrogen and oxygen atoms in total. The number of H-pyrrole nitrogens is 1. The second kappa shape index (κ2) is 4.11. The van der Waals surface area contributed by atoms with Gasteiger partial charge in [-0.3, -0.25) is 0 Å². The minimum Gasteiger partial charge on any atom is -0.477 e. The lowest BCUT2D eigenvalue weighted by atomic mass is 10.1. The number of carboxylic acids is 1. The van der Waals surface area contributed by atoms with Crippen LogP contribution in [0, 0.1) is 4.71 Å². The summed E-state index contributed by atoms with van der Waals surface area (Å²) in [5, 5.41) is 12.0. The quantitative estimate of drug-likeness (QED) is 0.808. The minimum absolute atomic E-state index is 0.0441. The van der Waals surface area contributed by atoms with Crippen LogP contribution < -0.4 is 0 Å². The number of carbonyl (C=O) groups is 1. The maximum absolute atomic E-state index is 11.0. The van der Waals surface area contributed by atoms with E-state index in [1.807, 2.05) is 0 Å². The van der Waals surface area contributed by atoms with Crippen molar-refractivity contribution in [3.05, 3.63) is 39.6 Å². The summed E-state index contributed by atoms with van der Waals surface area (Å²) < 4.78 is 4.75. The van der Waals surface area contributed by atoms with E-state index in [4.69, 9.17) is 33.4 Å². The average Bonchev–Trinajstić information content (AvgIpc) is 2.61. The van der Waals surface area contributed by atoms with E-state index in [2.05, 4.69) is 5.16 Å². The molecule has 1 heterocycles. The second-order valence-corrected chi connectivity index (χ2v) is 3.86. The molecule has 16 heavy (non-hydrogen) atoms. The standard InChI is InChI=1S/C10H6ClNO3S/c11-6-3-1-5(2-4-6)8-7(9(13)14)10(16)15-12-8/h1-4,12H,(H,13,14). The zero-order valence-electron chi connectivity index (χ0n) is 7.86. The van der Waals surface area contributed by atoms with Crippen molar-refractivity contribution in [3.8, 4) is 11.3 Å². The smallest absolute Gasteiger partial charge is 0.342 e. The van der Waals surface area contributed by atoms with Gasteiger partial charge in [0.15, 0.2) is 0 Å². The number of halogens is 1. The van der Waals surface area contributed by atoms with Gasteiger partial charge in [0.25, 0.3) is 0 Å². The number of hydrogen-bond donors (Lipinski definition) is 2. The van der Waals surface area contributed by atoms with Crippen LogP contribution in [0.4, 0.5) is 0 Å². The largest absolute Gasteiger partial charge is 0.477 e. The third kappa shape index (κ3) is 1.87. The van der Waals surface area contributed by atoms with E-state index in [9.17, 15) is 4.79 Å². The molecular formula is C10H6ClNO3S. The van der Waals surface area contributed by atoms with Crippen LogP contribution in [-0.2, 0) is 0 Å². The lowest BCUT2D eigenvalue weighted by Crippen LogP contribution is -1.97. The van der Waals surface area contributed by atoms with Crippen molar-refractivity contribution in [1.29, 1.82) is 0 Å². The Morgan fingerprint density at radius 3 is 2.56 bits per heavy atom. The summed E-state index contributed by atoms with van der Waals surface area (Å²) in [7, 11) is 0. The molecular weight excluding hydrogens is 250 g/mol. The van der Waals surface area contributed by atoms with Gasteiger partial charge in [-0.05, 0) is 24.4 Å². The van der Waals surface area contributed by atoms with Gasteiger partial charge in [0.2, 0.25) is 4.71 Å². The maximum atomic E-state index is 11.0. The summed E-state index contributed by atoms with van der Waals surface area (Å²) in [4.78, 5) is 11.0. The topological polar surface area (TPSA) is 66.2 Å². The van der Waals surface area contributed by atoms with Crippen molar-refractivity contribution < 1.29 is 14.4 Å². The van der Waals surface area contributed by atoms with Crippen molar-refractivity contribution in [2.45, 2.75) is 0 Å². The molecule has 2 aromatic rings. The highest BCUT2D eigenvalue weighted by Gasteiger charge is 2.17. The van der Waals surface area contributed by atoms with E-state index < -0.39 is 5.97 Å². The number of aromatic amines is 1. The first kappa shape index (κ1) is 10.9. The number of benzene rings is 1. The van der Waals surface area contributed by atoms with Gasteiger partial charge >= 0.3 is 5.97 Å². The Balaban J connectivity index is 2.60. The molecule has 1 aromatic heterocycles. The summed E-state index contributed by atoms with van der Waals surface area (Å²) in [6.45, 7) is 0. The molecule has 0 aliphatic heterocycles. The molecule has 0 unspecified atom stereocenters. The number of hydrogen-bond acceptors (Lipinski definition) is 3. The molecule has 82 valence electrons. The third-order valence-corrected chi connectivity index (χ3v) is 2.59. The highest BCUT2D eigenvalue weighted by Crippen LogP contribution is 2.24. The first-order valence-corrected chi connectivity index (χ1v) is 5.09. The molecule has 0 spiro atoms. The van der Waals surface area contributed by atoms with E-state index in [0.29, 0.717) is 16.3 Å². The van der Waals surface area contributed by atoms with Crippen LogP contribution in [0.25, 0.3) is 11.3 Å². The highest BCUT2D eigenvalue weighted by atomic mass is 35.5. The van der Waals surface area contributed by atoms with Crippen LogP contribution in [0.5, 0.6) is 0 Å². The number of nitrogens with one attached hydrogen (secondary N) is 1. The van der Waals surface area contributed by atoms with E-state index in [1.165, 1.54) is 0 Å². The predicted molar refractivity (Wildman–Crippen MR) is 61.3 cm³/mol. The molecule has 0 atom stereocenters. The first-order valence-electron chi connectivity index (χ1n) is 4.30. The van der Waals surface area contributed by atoms with Gasteiger partial charge in [0.1, 0.15) is 5.56 Å². The number of aromatic carboxylic acids is 1. The zero-order chi connectivity index (χ0) is 11.7. The van der Waals surface area contributed by atoms with Crippen LogP contribution >= 0.6 is 23.8 Å². The molecule has 2 N–H and O–H groups in total. The fourth-order valence-electron chi connectivity index (χ4n) is 1.32. The molecule has 0 saturated carbocycles. The fourth-order valence-corrected chi connectivity index (χ4v) is 1.67. The Morgan fingerprint density at radius 1 is 1.38 bits per heavy atom. The van der Waals surface area contributed by atoms with Gasteiger partial charge < -0.3 is 9.63 Å². The molecule has 0 aliphatic carbocycles. The lowest BCUT2D eigenvalue weighted by molar-refractivity contribution is 0.0696. The molecule has 0 amide bonds. The Bertz CT molecular complexity index is 585. The SMILES string of the molecule is O=C(O)c1c(-c2ccc(Cl)cc2)[nH]oc1=S.